The molecule has 0 atom stereocenters. The molecule has 0 saturated carbocycles. The van der Waals surface area contributed by atoms with Gasteiger partial charge in [-0.2, -0.15) is 5.10 Å². The van der Waals surface area contributed by atoms with E-state index in [4.69, 9.17) is 5.73 Å². The van der Waals surface area contributed by atoms with Gasteiger partial charge < -0.3 is 5.73 Å². The predicted octanol–water partition coefficient (Wildman–Crippen LogP) is 3.07. The van der Waals surface area contributed by atoms with Crippen LogP contribution in [0.25, 0.3) is 11.1 Å². The Morgan fingerprint density at radius 3 is 2.72 bits per heavy atom. The number of anilines is 1. The van der Waals surface area contributed by atoms with Crippen LogP contribution in [-0.4, -0.2) is 9.78 Å². The third-order valence-electron chi connectivity index (χ3n) is 3.04. The Hall–Kier alpha value is -1.84. The van der Waals surface area contributed by atoms with E-state index in [1.807, 2.05) is 13.2 Å². The molecule has 2 N–H and O–H groups in total. The predicted molar refractivity (Wildman–Crippen MR) is 71.7 cm³/mol. The first-order valence-electron chi connectivity index (χ1n) is 6.11. The minimum Gasteiger partial charge on any atom is -0.398 e. The molecule has 1 aromatic carbocycles. The van der Waals surface area contributed by atoms with Gasteiger partial charge in [-0.25, -0.2) is 4.39 Å². The first-order valence-corrected chi connectivity index (χ1v) is 6.11. The van der Waals surface area contributed by atoms with Crippen LogP contribution in [0.5, 0.6) is 0 Å². The standard InChI is InChI=1S/C14H18FN3/c1-4-5-14-11(8-18(3)17-14)10-7-13(16)9(2)6-12(10)15/h6-8H,4-5,16H2,1-3H3. The maximum atomic E-state index is 14.1. The van der Waals surface area contributed by atoms with Crippen LogP contribution in [0.3, 0.4) is 0 Å². The van der Waals surface area contributed by atoms with Crippen LogP contribution in [0.15, 0.2) is 18.3 Å². The van der Waals surface area contributed by atoms with E-state index >= 15 is 0 Å². The number of hydrogen-bond acceptors (Lipinski definition) is 2. The lowest BCUT2D eigenvalue weighted by Gasteiger charge is -2.07. The minimum absolute atomic E-state index is 0.243. The van der Waals surface area contributed by atoms with Crippen molar-refractivity contribution in [2.24, 2.45) is 7.05 Å². The highest BCUT2D eigenvalue weighted by Crippen LogP contribution is 2.29. The second kappa shape index (κ2) is 4.80. The SMILES string of the molecule is CCCc1nn(C)cc1-c1cc(N)c(C)cc1F. The number of aryl methyl sites for hydroxylation is 3. The number of hydrogen-bond donors (Lipinski definition) is 1. The van der Waals surface area contributed by atoms with E-state index in [1.165, 1.54) is 6.07 Å². The summed E-state index contributed by atoms with van der Waals surface area (Å²) in [6.45, 7) is 3.89. The smallest absolute Gasteiger partial charge is 0.131 e. The van der Waals surface area contributed by atoms with Crippen molar-refractivity contribution < 1.29 is 4.39 Å². The van der Waals surface area contributed by atoms with Crippen LogP contribution in [0.1, 0.15) is 24.6 Å². The zero-order valence-corrected chi connectivity index (χ0v) is 11.0. The fourth-order valence-corrected chi connectivity index (χ4v) is 2.08. The van der Waals surface area contributed by atoms with Crippen molar-refractivity contribution in [2.45, 2.75) is 26.7 Å². The maximum Gasteiger partial charge on any atom is 0.131 e. The van der Waals surface area contributed by atoms with Crippen LogP contribution >= 0.6 is 0 Å². The summed E-state index contributed by atoms with van der Waals surface area (Å²) in [5.41, 5.74) is 9.53. The Morgan fingerprint density at radius 2 is 2.06 bits per heavy atom. The molecule has 0 amide bonds. The van der Waals surface area contributed by atoms with Crippen LogP contribution in [0.2, 0.25) is 0 Å². The second-order valence-corrected chi connectivity index (χ2v) is 4.60. The molecule has 0 aliphatic carbocycles. The van der Waals surface area contributed by atoms with E-state index < -0.39 is 0 Å². The summed E-state index contributed by atoms with van der Waals surface area (Å²) in [4.78, 5) is 0. The van der Waals surface area contributed by atoms with Crippen LogP contribution < -0.4 is 5.73 Å². The Bertz CT molecular complexity index is 573. The molecule has 1 aromatic heterocycles. The van der Waals surface area contributed by atoms with Gasteiger partial charge in [0.05, 0.1) is 5.69 Å². The molecule has 0 spiro atoms. The lowest BCUT2D eigenvalue weighted by atomic mass is 10.0. The first-order chi connectivity index (χ1) is 8.52. The zero-order valence-electron chi connectivity index (χ0n) is 11.0. The van der Waals surface area contributed by atoms with Crippen molar-refractivity contribution in [3.05, 3.63) is 35.4 Å². The molecule has 1 heterocycles. The molecule has 4 heteroatoms. The highest BCUT2D eigenvalue weighted by atomic mass is 19.1. The van der Waals surface area contributed by atoms with Gasteiger partial charge in [0.1, 0.15) is 5.82 Å². The molecule has 0 aliphatic heterocycles. The van der Waals surface area contributed by atoms with Crippen LogP contribution in [0, 0.1) is 12.7 Å². The van der Waals surface area contributed by atoms with Gasteiger partial charge in [0, 0.05) is 30.1 Å². The molecule has 0 bridgehead atoms. The fraction of sp³-hybridized carbons (Fsp3) is 0.357. The molecule has 0 radical (unpaired) electrons. The molecule has 2 rings (SSSR count). The molecule has 3 nitrogen and oxygen atoms in total. The lowest BCUT2D eigenvalue weighted by Crippen LogP contribution is -1.95. The Kier molecular flexibility index (Phi) is 3.36. The van der Waals surface area contributed by atoms with E-state index in [2.05, 4.69) is 12.0 Å². The summed E-state index contributed by atoms with van der Waals surface area (Å²) in [5.74, 6) is -0.243. The second-order valence-electron chi connectivity index (χ2n) is 4.60. The molecule has 96 valence electrons. The Balaban J connectivity index is 2.57. The zero-order chi connectivity index (χ0) is 13.3. The molecule has 18 heavy (non-hydrogen) atoms. The van der Waals surface area contributed by atoms with Crippen LogP contribution in [-0.2, 0) is 13.5 Å². The molecule has 2 aromatic rings. The lowest BCUT2D eigenvalue weighted by molar-refractivity contribution is 0.630. The molecular weight excluding hydrogens is 229 g/mol. The van der Waals surface area contributed by atoms with E-state index in [1.54, 1.807) is 17.7 Å². The number of nitrogen functional groups attached to an aromatic ring is 1. The number of halogens is 1. The van der Waals surface area contributed by atoms with E-state index in [9.17, 15) is 4.39 Å². The highest BCUT2D eigenvalue weighted by Gasteiger charge is 2.14. The average Bonchev–Trinajstić information content (AvgIpc) is 2.65. The summed E-state index contributed by atoms with van der Waals surface area (Å²) in [7, 11) is 1.85. The summed E-state index contributed by atoms with van der Waals surface area (Å²) < 4.78 is 15.8. The van der Waals surface area contributed by atoms with Gasteiger partial charge in [-0.05, 0) is 31.0 Å². The summed E-state index contributed by atoms with van der Waals surface area (Å²) in [5, 5.41) is 4.38. The van der Waals surface area contributed by atoms with E-state index in [-0.39, 0.29) is 5.82 Å². The summed E-state index contributed by atoms with van der Waals surface area (Å²) >= 11 is 0. The van der Waals surface area contributed by atoms with Crippen molar-refractivity contribution in [1.29, 1.82) is 0 Å². The molecule has 0 fully saturated rings. The largest absolute Gasteiger partial charge is 0.398 e. The van der Waals surface area contributed by atoms with Gasteiger partial charge in [0.25, 0.3) is 0 Å². The minimum atomic E-state index is -0.243. The molecule has 0 unspecified atom stereocenters. The molecular formula is C14H18FN3. The quantitative estimate of drug-likeness (QED) is 0.847. The first kappa shape index (κ1) is 12.6. The van der Waals surface area contributed by atoms with Crippen molar-refractivity contribution in [2.75, 3.05) is 5.73 Å². The fourth-order valence-electron chi connectivity index (χ4n) is 2.08. The van der Waals surface area contributed by atoms with E-state index in [0.717, 1.165) is 29.7 Å². The van der Waals surface area contributed by atoms with Gasteiger partial charge in [-0.3, -0.25) is 4.68 Å². The van der Waals surface area contributed by atoms with Gasteiger partial charge >= 0.3 is 0 Å². The number of rotatable bonds is 3. The third kappa shape index (κ3) is 2.23. The van der Waals surface area contributed by atoms with Crippen molar-refractivity contribution in [1.82, 2.24) is 9.78 Å². The topological polar surface area (TPSA) is 43.8 Å². The van der Waals surface area contributed by atoms with Crippen molar-refractivity contribution in [3.8, 4) is 11.1 Å². The summed E-state index contributed by atoms with van der Waals surface area (Å²) in [6.07, 6.45) is 3.66. The molecule has 0 aliphatic rings. The van der Waals surface area contributed by atoms with Gasteiger partial charge in [-0.15, -0.1) is 0 Å². The van der Waals surface area contributed by atoms with Crippen molar-refractivity contribution in [3.63, 3.8) is 0 Å². The van der Waals surface area contributed by atoms with Crippen LogP contribution in [0.4, 0.5) is 10.1 Å². The highest BCUT2D eigenvalue weighted by molar-refractivity contribution is 5.71. The van der Waals surface area contributed by atoms with Gasteiger partial charge in [0.2, 0.25) is 0 Å². The number of nitrogens with zero attached hydrogens (tertiary/aromatic N) is 2. The normalized spacial score (nSPS) is 10.9. The Labute approximate surface area is 106 Å². The Morgan fingerprint density at radius 1 is 1.33 bits per heavy atom. The van der Waals surface area contributed by atoms with Gasteiger partial charge in [0.15, 0.2) is 0 Å². The maximum absolute atomic E-state index is 14.1. The van der Waals surface area contributed by atoms with E-state index in [0.29, 0.717) is 11.3 Å². The average molecular weight is 247 g/mol. The molecule has 0 saturated heterocycles. The monoisotopic (exact) mass is 247 g/mol. The number of aromatic nitrogens is 2. The number of nitrogens with two attached hydrogens (primary N) is 1. The number of benzene rings is 1. The third-order valence-corrected chi connectivity index (χ3v) is 3.04. The summed E-state index contributed by atoms with van der Waals surface area (Å²) in [6, 6.07) is 3.17. The van der Waals surface area contributed by atoms with Crippen molar-refractivity contribution >= 4 is 5.69 Å². The van der Waals surface area contributed by atoms with Gasteiger partial charge in [-0.1, -0.05) is 13.3 Å².